The lowest BCUT2D eigenvalue weighted by atomic mass is 9.94. The normalized spacial score (nSPS) is 16.6. The van der Waals surface area contributed by atoms with Crippen LogP contribution >= 0.6 is 0 Å². The van der Waals surface area contributed by atoms with Gasteiger partial charge >= 0.3 is 0 Å². The molecule has 1 saturated carbocycles. The van der Waals surface area contributed by atoms with E-state index >= 15 is 0 Å². The highest BCUT2D eigenvalue weighted by Crippen LogP contribution is 2.19. The SMILES string of the molecule is Cc1cc(C)c(C(=O)CNC2CCCCC2)c(C)c1. The molecule has 1 aromatic rings. The van der Waals surface area contributed by atoms with Crippen LogP contribution in [0.25, 0.3) is 0 Å². The second-order valence-corrected chi connectivity index (χ2v) is 5.91. The van der Waals surface area contributed by atoms with Crippen LogP contribution in [0.2, 0.25) is 0 Å². The van der Waals surface area contributed by atoms with E-state index in [0.717, 1.165) is 16.7 Å². The minimum atomic E-state index is 0.237. The fourth-order valence-corrected chi connectivity index (χ4v) is 3.25. The largest absolute Gasteiger partial charge is 0.307 e. The summed E-state index contributed by atoms with van der Waals surface area (Å²) in [5, 5.41) is 3.44. The predicted molar refractivity (Wildman–Crippen MR) is 79.9 cm³/mol. The lowest BCUT2D eigenvalue weighted by molar-refractivity contribution is 0.0983. The van der Waals surface area contributed by atoms with Gasteiger partial charge in [0.1, 0.15) is 0 Å². The molecule has 0 aromatic heterocycles. The van der Waals surface area contributed by atoms with Gasteiger partial charge in [-0.15, -0.1) is 0 Å². The van der Waals surface area contributed by atoms with Gasteiger partial charge < -0.3 is 5.32 Å². The average molecular weight is 259 g/mol. The molecule has 0 spiro atoms. The third-order valence-corrected chi connectivity index (χ3v) is 4.11. The van der Waals surface area contributed by atoms with Gasteiger partial charge in [-0.05, 0) is 44.7 Å². The fraction of sp³-hybridized carbons (Fsp3) is 0.588. The zero-order valence-electron chi connectivity index (χ0n) is 12.4. The van der Waals surface area contributed by atoms with Gasteiger partial charge in [0.15, 0.2) is 5.78 Å². The molecule has 1 fully saturated rings. The van der Waals surface area contributed by atoms with E-state index in [0.29, 0.717) is 12.6 Å². The van der Waals surface area contributed by atoms with Crippen molar-refractivity contribution in [3.8, 4) is 0 Å². The first-order valence-corrected chi connectivity index (χ1v) is 7.42. The van der Waals surface area contributed by atoms with Crippen LogP contribution in [-0.4, -0.2) is 18.4 Å². The first-order valence-electron chi connectivity index (χ1n) is 7.42. The highest BCUT2D eigenvalue weighted by Gasteiger charge is 2.16. The van der Waals surface area contributed by atoms with Crippen LogP contribution in [-0.2, 0) is 0 Å². The number of Topliss-reactive ketones (excluding diaryl/α,β-unsaturated/α-hetero) is 1. The Morgan fingerprint density at radius 3 is 2.26 bits per heavy atom. The molecule has 19 heavy (non-hydrogen) atoms. The highest BCUT2D eigenvalue weighted by atomic mass is 16.1. The quantitative estimate of drug-likeness (QED) is 0.835. The van der Waals surface area contributed by atoms with E-state index in [1.54, 1.807) is 0 Å². The first-order chi connectivity index (χ1) is 9.08. The van der Waals surface area contributed by atoms with Crippen LogP contribution in [0.5, 0.6) is 0 Å². The van der Waals surface area contributed by atoms with Crippen LogP contribution in [0.1, 0.15) is 59.2 Å². The van der Waals surface area contributed by atoms with Crippen LogP contribution in [0, 0.1) is 20.8 Å². The third kappa shape index (κ3) is 3.66. The molecular weight excluding hydrogens is 234 g/mol. The molecule has 0 aliphatic heterocycles. The summed E-state index contributed by atoms with van der Waals surface area (Å²) in [6.07, 6.45) is 6.39. The van der Waals surface area contributed by atoms with E-state index in [-0.39, 0.29) is 5.78 Å². The van der Waals surface area contributed by atoms with Crippen molar-refractivity contribution in [1.29, 1.82) is 0 Å². The molecule has 0 radical (unpaired) electrons. The number of benzene rings is 1. The molecule has 2 rings (SSSR count). The number of rotatable bonds is 4. The van der Waals surface area contributed by atoms with Gasteiger partial charge in [0.2, 0.25) is 0 Å². The summed E-state index contributed by atoms with van der Waals surface area (Å²) in [5.41, 5.74) is 4.35. The topological polar surface area (TPSA) is 29.1 Å². The number of carbonyl (C=O) groups excluding carboxylic acids is 1. The van der Waals surface area contributed by atoms with Gasteiger partial charge in [0, 0.05) is 11.6 Å². The smallest absolute Gasteiger partial charge is 0.177 e. The van der Waals surface area contributed by atoms with Crippen LogP contribution < -0.4 is 5.32 Å². The standard InChI is InChI=1S/C17H25NO/c1-12-9-13(2)17(14(3)10-12)16(19)11-18-15-7-5-4-6-8-15/h9-10,15,18H,4-8,11H2,1-3H3. The molecule has 1 N–H and O–H groups in total. The summed E-state index contributed by atoms with van der Waals surface area (Å²) in [6.45, 7) is 6.63. The lowest BCUT2D eigenvalue weighted by Gasteiger charge is -2.22. The monoisotopic (exact) mass is 259 g/mol. The predicted octanol–water partition coefficient (Wildman–Crippen LogP) is 3.72. The zero-order valence-corrected chi connectivity index (χ0v) is 12.4. The maximum atomic E-state index is 12.4. The Morgan fingerprint density at radius 2 is 1.68 bits per heavy atom. The molecule has 0 atom stereocenters. The summed E-state index contributed by atoms with van der Waals surface area (Å²) in [4.78, 5) is 12.4. The molecular formula is C17H25NO. The van der Waals surface area contributed by atoms with Gasteiger partial charge in [-0.3, -0.25) is 4.79 Å². The Labute approximate surface area is 116 Å². The number of nitrogens with one attached hydrogen (secondary N) is 1. The Bertz CT molecular complexity index is 435. The molecule has 0 bridgehead atoms. The Balaban J connectivity index is 1.99. The molecule has 1 aliphatic carbocycles. The van der Waals surface area contributed by atoms with Crippen molar-refractivity contribution in [3.05, 3.63) is 34.4 Å². The number of hydrogen-bond donors (Lipinski definition) is 1. The lowest BCUT2D eigenvalue weighted by Crippen LogP contribution is -2.35. The third-order valence-electron chi connectivity index (χ3n) is 4.11. The minimum absolute atomic E-state index is 0.237. The van der Waals surface area contributed by atoms with E-state index in [2.05, 4.69) is 24.4 Å². The van der Waals surface area contributed by atoms with Gasteiger partial charge in [-0.25, -0.2) is 0 Å². The van der Waals surface area contributed by atoms with E-state index in [1.807, 2.05) is 13.8 Å². The van der Waals surface area contributed by atoms with Crippen LogP contribution in [0.3, 0.4) is 0 Å². The molecule has 104 valence electrons. The number of aryl methyl sites for hydroxylation is 3. The molecule has 2 heteroatoms. The van der Waals surface area contributed by atoms with Gasteiger partial charge in [-0.2, -0.15) is 0 Å². The maximum absolute atomic E-state index is 12.4. The molecule has 0 heterocycles. The number of hydrogen-bond acceptors (Lipinski definition) is 2. The molecule has 1 aromatic carbocycles. The summed E-state index contributed by atoms with van der Waals surface area (Å²) in [7, 11) is 0. The van der Waals surface area contributed by atoms with E-state index < -0.39 is 0 Å². The molecule has 0 unspecified atom stereocenters. The Kier molecular flexibility index (Phi) is 4.76. The van der Waals surface area contributed by atoms with E-state index in [9.17, 15) is 4.79 Å². The van der Waals surface area contributed by atoms with Crippen molar-refractivity contribution in [2.24, 2.45) is 0 Å². The second-order valence-electron chi connectivity index (χ2n) is 5.91. The first kappa shape index (κ1) is 14.3. The summed E-state index contributed by atoms with van der Waals surface area (Å²) < 4.78 is 0. The zero-order chi connectivity index (χ0) is 13.8. The summed E-state index contributed by atoms with van der Waals surface area (Å²) >= 11 is 0. The van der Waals surface area contributed by atoms with E-state index in [1.165, 1.54) is 37.7 Å². The van der Waals surface area contributed by atoms with Crippen molar-refractivity contribution in [2.75, 3.05) is 6.54 Å². The Morgan fingerprint density at radius 1 is 1.11 bits per heavy atom. The van der Waals surface area contributed by atoms with Gasteiger partial charge in [0.05, 0.1) is 6.54 Å². The number of carbonyl (C=O) groups is 1. The number of ketones is 1. The molecule has 0 amide bonds. The molecule has 1 aliphatic rings. The van der Waals surface area contributed by atoms with Crippen molar-refractivity contribution < 1.29 is 4.79 Å². The minimum Gasteiger partial charge on any atom is -0.307 e. The maximum Gasteiger partial charge on any atom is 0.177 e. The van der Waals surface area contributed by atoms with Gasteiger partial charge in [0.25, 0.3) is 0 Å². The second kappa shape index (κ2) is 6.33. The molecule has 2 nitrogen and oxygen atoms in total. The van der Waals surface area contributed by atoms with Crippen molar-refractivity contribution >= 4 is 5.78 Å². The summed E-state index contributed by atoms with van der Waals surface area (Å²) in [6, 6.07) is 4.74. The fourth-order valence-electron chi connectivity index (χ4n) is 3.25. The average Bonchev–Trinajstić information content (AvgIpc) is 2.36. The van der Waals surface area contributed by atoms with E-state index in [4.69, 9.17) is 0 Å². The van der Waals surface area contributed by atoms with Crippen molar-refractivity contribution in [2.45, 2.75) is 58.9 Å². The Hall–Kier alpha value is -1.15. The van der Waals surface area contributed by atoms with Gasteiger partial charge in [-0.1, -0.05) is 37.0 Å². The van der Waals surface area contributed by atoms with Crippen LogP contribution in [0.4, 0.5) is 0 Å². The summed E-state index contributed by atoms with van der Waals surface area (Å²) in [5.74, 6) is 0.237. The van der Waals surface area contributed by atoms with Crippen LogP contribution in [0.15, 0.2) is 12.1 Å². The van der Waals surface area contributed by atoms with Crippen molar-refractivity contribution in [1.82, 2.24) is 5.32 Å². The highest BCUT2D eigenvalue weighted by molar-refractivity contribution is 6.00. The molecule has 0 saturated heterocycles. The van der Waals surface area contributed by atoms with Crippen molar-refractivity contribution in [3.63, 3.8) is 0 Å².